The van der Waals surface area contributed by atoms with Gasteiger partial charge in [0.2, 0.25) is 0 Å². The van der Waals surface area contributed by atoms with Crippen molar-refractivity contribution in [3.63, 3.8) is 0 Å². The largest absolute Gasteiger partial charge is 0.481 e. The summed E-state index contributed by atoms with van der Waals surface area (Å²) in [7, 11) is 0. The highest BCUT2D eigenvalue weighted by molar-refractivity contribution is 5.78. The van der Waals surface area contributed by atoms with Gasteiger partial charge in [-0.1, -0.05) is 46.3 Å². The van der Waals surface area contributed by atoms with Gasteiger partial charge in [-0.25, -0.2) is 0 Å². The zero-order chi connectivity index (χ0) is 26.7. The lowest BCUT2D eigenvalue weighted by Gasteiger charge is -2.71. The molecule has 10 atom stereocenters. The van der Waals surface area contributed by atoms with Crippen LogP contribution in [-0.4, -0.2) is 44.6 Å². The van der Waals surface area contributed by atoms with Gasteiger partial charge in [0.1, 0.15) is 5.41 Å². The summed E-state index contributed by atoms with van der Waals surface area (Å²) in [4.78, 5) is 25.3. The summed E-state index contributed by atoms with van der Waals surface area (Å²) >= 11 is 0. The molecular weight excluding hydrogens is 456 g/mol. The molecule has 36 heavy (non-hydrogen) atoms. The zero-order valence-corrected chi connectivity index (χ0v) is 22.9. The molecule has 5 aliphatic carbocycles. The van der Waals surface area contributed by atoms with Crippen LogP contribution in [0.15, 0.2) is 11.6 Å². The van der Waals surface area contributed by atoms with E-state index in [1.54, 1.807) is 6.92 Å². The second-order valence-corrected chi connectivity index (χ2v) is 14.9. The molecule has 0 radical (unpaired) electrons. The van der Waals surface area contributed by atoms with Gasteiger partial charge in [-0.05, 0) is 104 Å². The summed E-state index contributed by atoms with van der Waals surface area (Å²) in [6.45, 7) is 13.0. The summed E-state index contributed by atoms with van der Waals surface area (Å²) in [5.41, 5.74) is -1.82. The van der Waals surface area contributed by atoms with Crippen LogP contribution in [0.5, 0.6) is 0 Å². The maximum atomic E-state index is 12.8. The number of rotatable bonds is 2. The highest BCUT2D eigenvalue weighted by Gasteiger charge is 2.72. The third-order valence-corrected chi connectivity index (χ3v) is 13.2. The third-order valence-electron chi connectivity index (χ3n) is 13.2. The number of aliphatic hydroxyl groups is 2. The second kappa shape index (κ2) is 7.59. The molecule has 0 aliphatic heterocycles. The Morgan fingerprint density at radius 1 is 0.806 bits per heavy atom. The first-order chi connectivity index (χ1) is 16.5. The molecule has 0 bridgehead atoms. The first kappa shape index (κ1) is 26.2. The predicted octanol–water partition coefficient (Wildman–Crippen LogP) is 5.27. The number of fused-ring (bicyclic) bond motifs is 7. The smallest absolute Gasteiger partial charge is 0.312 e. The Balaban J connectivity index is 1.63. The van der Waals surface area contributed by atoms with Gasteiger partial charge in [-0.2, -0.15) is 0 Å². The minimum absolute atomic E-state index is 0.0205. The molecule has 4 fully saturated rings. The standard InChI is InChI=1S/C30H46O6/c1-25(2)13-14-30(24(35)36)18(15-25)17-7-8-19-26(3)11-10-21(31)29(6,23(33)34)20(26)9-12-27(19,4)28(17,5)16-22(30)32/h7,18-22,31-32H,8-16H2,1-6H3,(H,33,34)(H,35,36)/t18-,19+,20+,21+,22+,26+,27+,28+,29-,30+/m0/s1. The number of hydrogen-bond donors (Lipinski definition) is 4. The molecule has 4 saturated carbocycles. The molecule has 0 spiro atoms. The summed E-state index contributed by atoms with van der Waals surface area (Å²) in [6, 6.07) is 0. The molecule has 202 valence electrons. The average Bonchev–Trinajstić information content (AvgIpc) is 2.76. The van der Waals surface area contributed by atoms with E-state index in [1.807, 2.05) is 0 Å². The molecule has 0 aromatic rings. The summed E-state index contributed by atoms with van der Waals surface area (Å²) in [5.74, 6) is -1.86. The summed E-state index contributed by atoms with van der Waals surface area (Å²) in [6.07, 6.45) is 6.70. The van der Waals surface area contributed by atoms with Crippen molar-refractivity contribution in [1.29, 1.82) is 0 Å². The fourth-order valence-corrected chi connectivity index (χ4v) is 10.7. The van der Waals surface area contributed by atoms with Crippen molar-refractivity contribution in [2.75, 3.05) is 0 Å². The van der Waals surface area contributed by atoms with Crippen molar-refractivity contribution in [3.8, 4) is 0 Å². The molecule has 0 aromatic heterocycles. The van der Waals surface area contributed by atoms with E-state index in [0.717, 1.165) is 38.5 Å². The number of allylic oxidation sites excluding steroid dienone is 2. The Hall–Kier alpha value is -1.40. The van der Waals surface area contributed by atoms with Gasteiger partial charge < -0.3 is 20.4 Å². The van der Waals surface area contributed by atoms with Crippen molar-refractivity contribution in [2.24, 2.45) is 50.2 Å². The topological polar surface area (TPSA) is 115 Å². The second-order valence-electron chi connectivity index (χ2n) is 14.9. The van der Waals surface area contributed by atoms with E-state index in [1.165, 1.54) is 5.57 Å². The van der Waals surface area contributed by atoms with Crippen molar-refractivity contribution in [3.05, 3.63) is 11.6 Å². The van der Waals surface area contributed by atoms with Crippen LogP contribution in [0.3, 0.4) is 0 Å². The van der Waals surface area contributed by atoms with E-state index in [4.69, 9.17) is 0 Å². The zero-order valence-electron chi connectivity index (χ0n) is 22.9. The lowest BCUT2D eigenvalue weighted by atomic mass is 9.33. The maximum Gasteiger partial charge on any atom is 0.312 e. The van der Waals surface area contributed by atoms with E-state index in [-0.39, 0.29) is 39.4 Å². The number of hydrogen-bond acceptors (Lipinski definition) is 4. The molecule has 0 unspecified atom stereocenters. The number of carbonyl (C=O) groups is 2. The van der Waals surface area contributed by atoms with Gasteiger partial charge in [0.25, 0.3) is 0 Å². The van der Waals surface area contributed by atoms with Crippen LogP contribution in [0.1, 0.15) is 99.3 Å². The summed E-state index contributed by atoms with van der Waals surface area (Å²) < 4.78 is 0. The SMILES string of the molecule is CC1(C)CC[C@]2(C(=O)O)[C@H](O)C[C@]3(C)C(=CC[C@@H]4[C@@]5(C)CC[C@@H](O)[C@@](C)(C(=O)O)[C@@H]5CC[C@]43C)[C@@H]2C1. The molecule has 0 saturated heterocycles. The lowest BCUT2D eigenvalue weighted by molar-refractivity contribution is -0.225. The quantitative estimate of drug-likeness (QED) is 0.383. The molecule has 5 aliphatic rings. The van der Waals surface area contributed by atoms with E-state index >= 15 is 0 Å². The lowest BCUT2D eigenvalue weighted by Crippen LogP contribution is -2.68. The summed E-state index contributed by atoms with van der Waals surface area (Å²) in [5, 5.41) is 43.3. The minimum atomic E-state index is -1.17. The Kier molecular flexibility index (Phi) is 5.53. The van der Waals surface area contributed by atoms with Gasteiger partial charge in [0, 0.05) is 0 Å². The van der Waals surface area contributed by atoms with E-state index in [0.29, 0.717) is 19.3 Å². The van der Waals surface area contributed by atoms with Crippen LogP contribution in [-0.2, 0) is 9.59 Å². The molecule has 4 N–H and O–H groups in total. The minimum Gasteiger partial charge on any atom is -0.481 e. The molecule has 6 heteroatoms. The van der Waals surface area contributed by atoms with Gasteiger partial charge >= 0.3 is 11.9 Å². The molecule has 0 amide bonds. The van der Waals surface area contributed by atoms with Crippen LogP contribution < -0.4 is 0 Å². The molecule has 0 heterocycles. The van der Waals surface area contributed by atoms with E-state index in [2.05, 4.69) is 40.7 Å². The number of carboxylic acid groups (broad SMARTS) is 2. The average molecular weight is 503 g/mol. The van der Waals surface area contributed by atoms with Crippen LogP contribution in [0, 0.1) is 50.2 Å². The van der Waals surface area contributed by atoms with Crippen LogP contribution in [0.2, 0.25) is 0 Å². The first-order valence-electron chi connectivity index (χ1n) is 14.0. The van der Waals surface area contributed by atoms with Crippen molar-refractivity contribution >= 4 is 11.9 Å². The van der Waals surface area contributed by atoms with E-state index < -0.39 is 35.0 Å². The van der Waals surface area contributed by atoms with Crippen LogP contribution in [0.25, 0.3) is 0 Å². The maximum absolute atomic E-state index is 12.8. The first-order valence-corrected chi connectivity index (χ1v) is 14.0. The van der Waals surface area contributed by atoms with Gasteiger partial charge in [-0.15, -0.1) is 0 Å². The van der Waals surface area contributed by atoms with Gasteiger partial charge in [0.15, 0.2) is 0 Å². The predicted molar refractivity (Wildman–Crippen MR) is 136 cm³/mol. The fraction of sp³-hybridized carbons (Fsp3) is 0.867. The Bertz CT molecular complexity index is 1020. The highest BCUT2D eigenvalue weighted by atomic mass is 16.4. The number of carboxylic acids is 2. The molecule has 6 nitrogen and oxygen atoms in total. The fourth-order valence-electron chi connectivity index (χ4n) is 10.7. The highest BCUT2D eigenvalue weighted by Crippen LogP contribution is 2.75. The van der Waals surface area contributed by atoms with Gasteiger partial charge in [0.05, 0.1) is 17.6 Å². The molecule has 5 rings (SSSR count). The normalized spacial score (nSPS) is 53.7. The van der Waals surface area contributed by atoms with Gasteiger partial charge in [-0.3, -0.25) is 9.59 Å². The number of aliphatic carboxylic acids is 2. The van der Waals surface area contributed by atoms with Crippen LogP contribution >= 0.6 is 0 Å². The Morgan fingerprint density at radius 3 is 2.08 bits per heavy atom. The third kappa shape index (κ3) is 2.92. The van der Waals surface area contributed by atoms with Crippen LogP contribution in [0.4, 0.5) is 0 Å². The van der Waals surface area contributed by atoms with Crippen molar-refractivity contribution in [2.45, 2.75) is 112 Å². The van der Waals surface area contributed by atoms with Crippen molar-refractivity contribution < 1.29 is 30.0 Å². The van der Waals surface area contributed by atoms with Crippen molar-refractivity contribution in [1.82, 2.24) is 0 Å². The van der Waals surface area contributed by atoms with E-state index in [9.17, 15) is 30.0 Å². The monoisotopic (exact) mass is 502 g/mol. The molecular formula is C30H46O6. The number of aliphatic hydroxyl groups excluding tert-OH is 2. The Labute approximate surface area is 215 Å². The molecule has 0 aromatic carbocycles. The Morgan fingerprint density at radius 2 is 1.47 bits per heavy atom.